The molecule has 90 valence electrons. The number of rotatable bonds is 2. The molecule has 0 spiro atoms. The predicted octanol–water partition coefficient (Wildman–Crippen LogP) is 0.979. The van der Waals surface area contributed by atoms with Crippen molar-refractivity contribution >= 4 is 0 Å². The number of hydrogen-bond donors (Lipinski definition) is 1. The van der Waals surface area contributed by atoms with E-state index in [2.05, 4.69) is 29.9 Å². The molecule has 2 rings (SSSR count). The molecule has 0 aromatic carbocycles. The minimum Gasteiger partial charge on any atom is -0.327 e. The molecule has 0 saturated carbocycles. The van der Waals surface area contributed by atoms with Crippen LogP contribution in [0.5, 0.6) is 0 Å². The fraction of sp³-hybridized carbons (Fsp3) is 0.750. The van der Waals surface area contributed by atoms with Gasteiger partial charge in [0.1, 0.15) is 0 Å². The molecule has 0 aliphatic carbocycles. The number of piperidine rings is 1. The maximum atomic E-state index is 6.13. The Kier molecular flexibility index (Phi) is 3.04. The van der Waals surface area contributed by atoms with E-state index < -0.39 is 0 Å². The van der Waals surface area contributed by atoms with Crippen LogP contribution >= 0.6 is 0 Å². The van der Waals surface area contributed by atoms with Gasteiger partial charge in [-0.3, -0.25) is 9.58 Å². The van der Waals surface area contributed by atoms with Gasteiger partial charge in [0.25, 0.3) is 0 Å². The Morgan fingerprint density at radius 3 is 2.88 bits per heavy atom. The Morgan fingerprint density at radius 1 is 1.56 bits per heavy atom. The van der Waals surface area contributed by atoms with Crippen LogP contribution in [0.4, 0.5) is 0 Å². The predicted molar refractivity (Wildman–Crippen MR) is 64.9 cm³/mol. The average Bonchev–Trinajstić information content (AvgIpc) is 2.58. The summed E-state index contributed by atoms with van der Waals surface area (Å²) in [5.41, 5.74) is 7.62. The lowest BCUT2D eigenvalue weighted by Gasteiger charge is -2.42. The van der Waals surface area contributed by atoms with Gasteiger partial charge in [-0.15, -0.1) is 0 Å². The first kappa shape index (κ1) is 11.6. The highest BCUT2D eigenvalue weighted by Gasteiger charge is 2.33. The number of aromatic nitrogens is 2. The first-order chi connectivity index (χ1) is 7.49. The molecule has 2 heterocycles. The van der Waals surface area contributed by atoms with Crippen LogP contribution in [0.1, 0.15) is 26.0 Å². The molecule has 1 aromatic heterocycles. The van der Waals surface area contributed by atoms with Gasteiger partial charge in [-0.25, -0.2) is 0 Å². The second-order valence-corrected chi connectivity index (χ2v) is 5.54. The monoisotopic (exact) mass is 222 g/mol. The molecule has 1 unspecified atom stereocenters. The van der Waals surface area contributed by atoms with Crippen molar-refractivity contribution in [1.82, 2.24) is 14.7 Å². The van der Waals surface area contributed by atoms with Crippen molar-refractivity contribution in [2.45, 2.75) is 32.9 Å². The quantitative estimate of drug-likeness (QED) is 0.811. The van der Waals surface area contributed by atoms with Crippen molar-refractivity contribution in [2.24, 2.45) is 18.2 Å². The molecule has 0 amide bonds. The maximum Gasteiger partial charge on any atom is 0.0521 e. The average molecular weight is 222 g/mol. The van der Waals surface area contributed by atoms with E-state index in [-0.39, 0.29) is 5.41 Å². The lowest BCUT2D eigenvalue weighted by molar-refractivity contribution is 0.0880. The zero-order chi connectivity index (χ0) is 11.8. The Labute approximate surface area is 97.4 Å². The van der Waals surface area contributed by atoms with Gasteiger partial charge in [0, 0.05) is 38.9 Å². The molecule has 0 bridgehead atoms. The minimum atomic E-state index is 0.219. The molecule has 4 nitrogen and oxygen atoms in total. The third-order valence-electron chi connectivity index (χ3n) is 3.70. The number of aryl methyl sites for hydroxylation is 1. The summed E-state index contributed by atoms with van der Waals surface area (Å²) in [5, 5.41) is 4.20. The van der Waals surface area contributed by atoms with Gasteiger partial charge in [-0.05, 0) is 17.9 Å². The first-order valence-electron chi connectivity index (χ1n) is 5.94. The molecular weight excluding hydrogens is 200 g/mol. The summed E-state index contributed by atoms with van der Waals surface area (Å²) in [4.78, 5) is 2.47. The molecule has 1 fully saturated rings. The Bertz CT molecular complexity index is 356. The van der Waals surface area contributed by atoms with Crippen LogP contribution < -0.4 is 5.73 Å². The molecule has 1 aromatic rings. The highest BCUT2D eigenvalue weighted by atomic mass is 15.3. The Balaban J connectivity index is 2.00. The van der Waals surface area contributed by atoms with Crippen molar-refractivity contribution in [2.75, 3.05) is 13.1 Å². The van der Waals surface area contributed by atoms with E-state index in [1.165, 1.54) is 5.69 Å². The van der Waals surface area contributed by atoms with Crippen LogP contribution in [-0.2, 0) is 13.6 Å². The number of nitrogens with zero attached hydrogens (tertiary/aromatic N) is 3. The van der Waals surface area contributed by atoms with Crippen molar-refractivity contribution < 1.29 is 0 Å². The molecule has 0 radical (unpaired) electrons. The van der Waals surface area contributed by atoms with Crippen molar-refractivity contribution in [3.63, 3.8) is 0 Å². The summed E-state index contributed by atoms with van der Waals surface area (Å²) < 4.78 is 1.95. The largest absolute Gasteiger partial charge is 0.327 e. The van der Waals surface area contributed by atoms with Gasteiger partial charge >= 0.3 is 0 Å². The molecule has 1 aliphatic rings. The summed E-state index contributed by atoms with van der Waals surface area (Å²) in [6.07, 6.45) is 2.95. The van der Waals surface area contributed by atoms with Crippen LogP contribution in [0.2, 0.25) is 0 Å². The highest BCUT2D eigenvalue weighted by Crippen LogP contribution is 2.28. The smallest absolute Gasteiger partial charge is 0.0521 e. The van der Waals surface area contributed by atoms with E-state index in [0.717, 1.165) is 26.1 Å². The van der Waals surface area contributed by atoms with Crippen LogP contribution in [0, 0.1) is 5.41 Å². The Morgan fingerprint density at radius 2 is 2.31 bits per heavy atom. The summed E-state index contributed by atoms with van der Waals surface area (Å²) in [7, 11) is 2.00. The topological polar surface area (TPSA) is 47.1 Å². The van der Waals surface area contributed by atoms with Gasteiger partial charge in [0.15, 0.2) is 0 Å². The zero-order valence-corrected chi connectivity index (χ0v) is 10.5. The summed E-state index contributed by atoms with van der Waals surface area (Å²) >= 11 is 0. The summed E-state index contributed by atoms with van der Waals surface area (Å²) in [6, 6.07) is 2.41. The van der Waals surface area contributed by atoms with E-state index in [9.17, 15) is 0 Å². The third kappa shape index (κ3) is 2.28. The third-order valence-corrected chi connectivity index (χ3v) is 3.70. The lowest BCUT2D eigenvalue weighted by Crippen LogP contribution is -2.52. The van der Waals surface area contributed by atoms with Gasteiger partial charge in [-0.2, -0.15) is 5.10 Å². The van der Waals surface area contributed by atoms with Crippen molar-refractivity contribution in [3.8, 4) is 0 Å². The molecule has 2 N–H and O–H groups in total. The Hall–Kier alpha value is -0.870. The second kappa shape index (κ2) is 4.18. The molecule has 16 heavy (non-hydrogen) atoms. The molecular formula is C12H22N4. The van der Waals surface area contributed by atoms with E-state index >= 15 is 0 Å². The molecule has 1 aliphatic heterocycles. The van der Waals surface area contributed by atoms with Gasteiger partial charge in [0.05, 0.1) is 5.69 Å². The van der Waals surface area contributed by atoms with Gasteiger partial charge in [0.2, 0.25) is 0 Å². The van der Waals surface area contributed by atoms with Crippen LogP contribution in [0.15, 0.2) is 12.3 Å². The lowest BCUT2D eigenvalue weighted by atomic mass is 9.80. The number of likely N-dealkylation sites (tertiary alicyclic amines) is 1. The normalized spacial score (nSPS) is 25.9. The molecule has 1 saturated heterocycles. The SMILES string of the molecule is Cn1nccc1CN1CCC(N)C(C)(C)C1. The summed E-state index contributed by atoms with van der Waals surface area (Å²) in [5.74, 6) is 0. The fourth-order valence-electron chi connectivity index (χ4n) is 2.41. The van der Waals surface area contributed by atoms with E-state index in [4.69, 9.17) is 5.73 Å². The maximum absolute atomic E-state index is 6.13. The van der Waals surface area contributed by atoms with E-state index in [0.29, 0.717) is 6.04 Å². The van der Waals surface area contributed by atoms with Crippen molar-refractivity contribution in [1.29, 1.82) is 0 Å². The zero-order valence-electron chi connectivity index (χ0n) is 10.5. The van der Waals surface area contributed by atoms with Crippen LogP contribution in [0.25, 0.3) is 0 Å². The van der Waals surface area contributed by atoms with E-state index in [1.807, 2.05) is 17.9 Å². The second-order valence-electron chi connectivity index (χ2n) is 5.54. The van der Waals surface area contributed by atoms with Crippen LogP contribution in [-0.4, -0.2) is 33.8 Å². The molecule has 4 heteroatoms. The van der Waals surface area contributed by atoms with Gasteiger partial charge < -0.3 is 5.73 Å². The highest BCUT2D eigenvalue weighted by molar-refractivity contribution is 5.01. The minimum absolute atomic E-state index is 0.219. The standard InChI is InChI=1S/C12H22N4/c1-12(2)9-16(7-5-11(12)13)8-10-4-6-14-15(10)3/h4,6,11H,5,7-9,13H2,1-3H3. The fourth-order valence-corrected chi connectivity index (χ4v) is 2.41. The number of hydrogen-bond acceptors (Lipinski definition) is 3. The van der Waals surface area contributed by atoms with Crippen LogP contribution in [0.3, 0.4) is 0 Å². The first-order valence-corrected chi connectivity index (χ1v) is 5.94. The van der Waals surface area contributed by atoms with E-state index in [1.54, 1.807) is 0 Å². The van der Waals surface area contributed by atoms with Gasteiger partial charge in [-0.1, -0.05) is 13.8 Å². The summed E-state index contributed by atoms with van der Waals surface area (Å²) in [6.45, 7) is 7.65. The molecule has 1 atom stereocenters. The van der Waals surface area contributed by atoms with Crippen molar-refractivity contribution in [3.05, 3.63) is 18.0 Å². The number of nitrogens with two attached hydrogens (primary N) is 1.